The Bertz CT molecular complexity index is 482. The van der Waals surface area contributed by atoms with Crippen molar-refractivity contribution in [2.75, 3.05) is 13.2 Å². The third-order valence-electron chi connectivity index (χ3n) is 3.22. The molecule has 0 spiro atoms. The Morgan fingerprint density at radius 2 is 1.32 bits per heavy atom. The second-order valence-corrected chi connectivity index (χ2v) is 4.80. The van der Waals surface area contributed by atoms with Gasteiger partial charge < -0.3 is 37.6 Å². The van der Waals surface area contributed by atoms with Gasteiger partial charge in [-0.25, -0.2) is 9.59 Å². The average molecular weight is 321 g/mol. The first-order valence-corrected chi connectivity index (χ1v) is 6.06. The first-order valence-electron chi connectivity index (χ1n) is 6.06. The molecule has 11 heteroatoms. The van der Waals surface area contributed by atoms with Crippen LogP contribution in [0.15, 0.2) is 0 Å². The van der Waals surface area contributed by atoms with Crippen molar-refractivity contribution >= 4 is 23.5 Å². The van der Waals surface area contributed by atoms with Crippen LogP contribution in [0.1, 0.15) is 12.8 Å². The number of hydrogen-bond donors (Lipinski definition) is 7. The van der Waals surface area contributed by atoms with E-state index in [0.29, 0.717) is 0 Å². The number of carboxylic acid groups (broad SMARTS) is 2. The van der Waals surface area contributed by atoms with Crippen molar-refractivity contribution in [3.05, 3.63) is 0 Å². The first-order chi connectivity index (χ1) is 9.97. The molecule has 10 N–H and O–H groups in total. The minimum absolute atomic E-state index is 0.448. The van der Waals surface area contributed by atoms with E-state index in [9.17, 15) is 19.2 Å². The second kappa shape index (κ2) is 7.38. The molecule has 3 atom stereocenters. The Labute approximate surface area is 124 Å². The summed E-state index contributed by atoms with van der Waals surface area (Å²) in [4.78, 5) is 45.2. The number of aliphatic hydroxyl groups is 2. The van der Waals surface area contributed by atoms with Gasteiger partial charge in [0.2, 0.25) is 0 Å². The van der Waals surface area contributed by atoms with Crippen molar-refractivity contribution in [3.8, 4) is 0 Å². The Balaban J connectivity index is 4.93. The number of aliphatic carboxylic acids is 2. The van der Waals surface area contributed by atoms with Crippen LogP contribution in [0.25, 0.3) is 0 Å². The highest BCUT2D eigenvalue weighted by atomic mass is 16.4. The topological polar surface area (TPSA) is 227 Å². The molecule has 0 aliphatic carbocycles. The Morgan fingerprint density at radius 1 is 0.909 bits per heavy atom. The van der Waals surface area contributed by atoms with Crippen LogP contribution in [0.5, 0.6) is 0 Å². The number of hydrogen-bond acceptors (Lipinski definition) is 9. The summed E-state index contributed by atoms with van der Waals surface area (Å²) < 4.78 is 0. The van der Waals surface area contributed by atoms with Gasteiger partial charge in [-0.2, -0.15) is 0 Å². The molecule has 0 amide bonds. The van der Waals surface area contributed by atoms with E-state index in [0.717, 1.165) is 0 Å². The summed E-state index contributed by atoms with van der Waals surface area (Å²) >= 11 is 0. The fraction of sp³-hybridized carbons (Fsp3) is 0.636. The largest absolute Gasteiger partial charge is 0.479 e. The van der Waals surface area contributed by atoms with Gasteiger partial charge in [-0.15, -0.1) is 0 Å². The number of rotatable bonds is 10. The Hall–Kier alpha value is -1.92. The number of carbonyl (C=O) groups excluding carboxylic acids is 2. The molecule has 0 aromatic carbocycles. The van der Waals surface area contributed by atoms with Crippen LogP contribution >= 0.6 is 0 Å². The highest BCUT2D eigenvalue weighted by Crippen LogP contribution is 2.12. The molecule has 0 aliphatic heterocycles. The van der Waals surface area contributed by atoms with Crippen LogP contribution in [0, 0.1) is 0 Å². The predicted molar refractivity (Wildman–Crippen MR) is 70.5 cm³/mol. The molecule has 0 saturated heterocycles. The number of aliphatic hydroxyl groups excluding tert-OH is 2. The second-order valence-electron chi connectivity index (χ2n) is 4.80. The van der Waals surface area contributed by atoms with Crippen LogP contribution < -0.4 is 17.2 Å². The van der Waals surface area contributed by atoms with E-state index in [-0.39, 0.29) is 0 Å². The third kappa shape index (κ3) is 3.84. The normalized spacial score (nSPS) is 17.9. The van der Waals surface area contributed by atoms with Gasteiger partial charge in [0.25, 0.3) is 0 Å². The zero-order valence-corrected chi connectivity index (χ0v) is 11.6. The summed E-state index contributed by atoms with van der Waals surface area (Å²) in [5.41, 5.74) is 10.7. The van der Waals surface area contributed by atoms with E-state index in [1.165, 1.54) is 0 Å². The van der Waals surface area contributed by atoms with Crippen molar-refractivity contribution in [3.63, 3.8) is 0 Å². The summed E-state index contributed by atoms with van der Waals surface area (Å²) in [5, 5.41) is 35.4. The molecule has 0 aliphatic rings. The van der Waals surface area contributed by atoms with E-state index < -0.39 is 66.7 Å². The number of carboxylic acids is 2. The van der Waals surface area contributed by atoms with Gasteiger partial charge in [0.05, 0.1) is 19.3 Å². The maximum Gasteiger partial charge on any atom is 0.333 e. The maximum atomic E-state index is 11.8. The minimum Gasteiger partial charge on any atom is -0.479 e. The molecular weight excluding hydrogens is 302 g/mol. The molecule has 22 heavy (non-hydrogen) atoms. The predicted octanol–water partition coefficient (Wildman–Crippen LogP) is -4.22. The molecule has 0 fully saturated rings. The molecule has 0 aromatic heterocycles. The van der Waals surface area contributed by atoms with Gasteiger partial charge in [-0.3, -0.25) is 9.59 Å². The van der Waals surface area contributed by atoms with E-state index >= 15 is 0 Å². The average Bonchev–Trinajstić information content (AvgIpc) is 2.48. The fourth-order valence-corrected chi connectivity index (χ4v) is 1.50. The SMILES string of the molecule is NC(CCC(=O)C(N)(CO)C(=O)O)C(=O)C(N)(CO)C(=O)O. The van der Waals surface area contributed by atoms with Crippen molar-refractivity contribution in [1.82, 2.24) is 0 Å². The van der Waals surface area contributed by atoms with E-state index in [1.807, 2.05) is 0 Å². The number of nitrogens with two attached hydrogens (primary N) is 3. The maximum absolute atomic E-state index is 11.8. The van der Waals surface area contributed by atoms with Gasteiger partial charge >= 0.3 is 11.9 Å². The highest BCUT2D eigenvalue weighted by molar-refractivity contribution is 6.11. The van der Waals surface area contributed by atoms with Gasteiger partial charge in [0, 0.05) is 6.42 Å². The van der Waals surface area contributed by atoms with Crippen molar-refractivity contribution in [2.24, 2.45) is 17.2 Å². The first kappa shape index (κ1) is 20.1. The lowest BCUT2D eigenvalue weighted by Crippen LogP contribution is -2.63. The summed E-state index contributed by atoms with van der Waals surface area (Å²) in [7, 11) is 0. The third-order valence-corrected chi connectivity index (χ3v) is 3.22. The van der Waals surface area contributed by atoms with Crippen LogP contribution in [0.2, 0.25) is 0 Å². The van der Waals surface area contributed by atoms with E-state index in [4.69, 9.17) is 37.6 Å². The zero-order chi connectivity index (χ0) is 17.7. The van der Waals surface area contributed by atoms with Crippen LogP contribution in [-0.4, -0.2) is 74.3 Å². The Kier molecular flexibility index (Phi) is 6.73. The standard InChI is InChI=1S/C11H19N3O8/c12-5(7(18)11(14,4-16)9(21)22)1-2-6(17)10(13,3-15)8(19)20/h5,15-16H,1-4,12-14H2,(H,19,20)(H,21,22). The summed E-state index contributed by atoms with van der Waals surface area (Å²) in [6.45, 7) is -2.35. The molecule has 0 rings (SSSR count). The van der Waals surface area contributed by atoms with Gasteiger partial charge in [0.15, 0.2) is 22.6 Å². The van der Waals surface area contributed by atoms with Crippen LogP contribution in [0.3, 0.4) is 0 Å². The summed E-state index contributed by atoms with van der Waals surface area (Å²) in [6.07, 6.45) is -1.05. The molecule has 3 unspecified atom stereocenters. The van der Waals surface area contributed by atoms with Crippen molar-refractivity contribution < 1.29 is 39.6 Å². The fourth-order valence-electron chi connectivity index (χ4n) is 1.50. The molecule has 0 aromatic rings. The molecular formula is C11H19N3O8. The number of ketones is 2. The highest BCUT2D eigenvalue weighted by Gasteiger charge is 2.45. The van der Waals surface area contributed by atoms with Crippen molar-refractivity contribution in [1.29, 1.82) is 0 Å². The van der Waals surface area contributed by atoms with Crippen LogP contribution in [-0.2, 0) is 19.2 Å². The van der Waals surface area contributed by atoms with E-state index in [2.05, 4.69) is 0 Å². The van der Waals surface area contributed by atoms with Gasteiger partial charge in [0.1, 0.15) is 0 Å². The molecule has 0 saturated carbocycles. The smallest absolute Gasteiger partial charge is 0.333 e. The summed E-state index contributed by atoms with van der Waals surface area (Å²) in [6, 6.07) is -1.53. The summed E-state index contributed by atoms with van der Waals surface area (Å²) in [5.74, 6) is -5.87. The molecule has 11 nitrogen and oxygen atoms in total. The molecule has 0 bridgehead atoms. The van der Waals surface area contributed by atoms with Crippen molar-refractivity contribution in [2.45, 2.75) is 30.0 Å². The molecule has 0 radical (unpaired) electrons. The number of carbonyl (C=O) groups is 4. The molecule has 0 heterocycles. The number of Topliss-reactive ketones (excluding diaryl/α,β-unsaturated/α-hetero) is 2. The van der Waals surface area contributed by atoms with E-state index in [1.54, 1.807) is 0 Å². The van der Waals surface area contributed by atoms with Gasteiger partial charge in [-0.1, -0.05) is 0 Å². The molecule has 126 valence electrons. The van der Waals surface area contributed by atoms with Crippen LogP contribution in [0.4, 0.5) is 0 Å². The lowest BCUT2D eigenvalue weighted by Gasteiger charge is -2.25. The van der Waals surface area contributed by atoms with Gasteiger partial charge in [-0.05, 0) is 6.42 Å². The zero-order valence-electron chi connectivity index (χ0n) is 11.6. The minimum atomic E-state index is -2.62. The Morgan fingerprint density at radius 3 is 1.64 bits per heavy atom. The quantitative estimate of drug-likeness (QED) is 0.191. The lowest BCUT2D eigenvalue weighted by molar-refractivity contribution is -0.151. The monoisotopic (exact) mass is 321 g/mol. The lowest BCUT2D eigenvalue weighted by atomic mass is 9.86.